The van der Waals surface area contributed by atoms with E-state index in [-0.39, 0.29) is 25.3 Å². The maximum atomic E-state index is 6.14. The fourth-order valence-electron chi connectivity index (χ4n) is 1.54. The van der Waals surface area contributed by atoms with Crippen molar-refractivity contribution >= 4 is 81.0 Å². The molecule has 0 aromatic heterocycles. The van der Waals surface area contributed by atoms with Gasteiger partial charge in [0.15, 0.2) is 6.29 Å². The SMILES string of the molecule is CP(P)SOC1C[C@H](OP(C)SP)[C@H](OP(C)SP)CO1. The van der Waals surface area contributed by atoms with Crippen molar-refractivity contribution in [2.45, 2.75) is 24.9 Å². The lowest BCUT2D eigenvalue weighted by atomic mass is 10.1. The fraction of sp³-hybridized carbons (Fsp3) is 1.00. The van der Waals surface area contributed by atoms with Gasteiger partial charge in [0, 0.05) is 18.1 Å². The summed E-state index contributed by atoms with van der Waals surface area (Å²) >= 11 is 4.83. The summed E-state index contributed by atoms with van der Waals surface area (Å²) in [4.78, 5) is 0. The second-order valence-corrected chi connectivity index (χ2v) is 21.9. The standard InChI is InChI=1S/C8H22O4P6S3/c1-16(20-14)10-6-4-8(12-19-18(3)13)9-5-7(6)11-17(2)21-15/h6-8H,4-5,13-15H2,1-3H3/t6-,7+,8?,16?,17?,18?/m0/s1. The molecule has 7 unspecified atom stereocenters. The third-order valence-electron chi connectivity index (χ3n) is 2.42. The van der Waals surface area contributed by atoms with Gasteiger partial charge in [0.1, 0.15) is 6.10 Å². The molecule has 1 aliphatic rings. The van der Waals surface area contributed by atoms with E-state index in [1.807, 2.05) is 0 Å². The van der Waals surface area contributed by atoms with Gasteiger partial charge in [0.05, 0.1) is 27.4 Å². The van der Waals surface area contributed by atoms with Crippen LogP contribution in [-0.4, -0.2) is 45.1 Å². The van der Waals surface area contributed by atoms with Crippen molar-refractivity contribution in [3.05, 3.63) is 0 Å². The van der Waals surface area contributed by atoms with E-state index in [9.17, 15) is 0 Å². The third kappa shape index (κ3) is 9.66. The largest absolute Gasteiger partial charge is 0.349 e. The molecule has 1 rings (SSSR count). The van der Waals surface area contributed by atoms with Crippen LogP contribution < -0.4 is 0 Å². The average molecular weight is 464 g/mol. The van der Waals surface area contributed by atoms with Gasteiger partial charge in [-0.25, -0.2) is 0 Å². The highest BCUT2D eigenvalue weighted by molar-refractivity contribution is 8.78. The number of ether oxygens (including phenoxy) is 1. The van der Waals surface area contributed by atoms with Crippen LogP contribution in [0.15, 0.2) is 0 Å². The summed E-state index contributed by atoms with van der Waals surface area (Å²) in [5.74, 6) is 0. The van der Waals surface area contributed by atoms with Gasteiger partial charge in [-0.1, -0.05) is 47.8 Å². The molecule has 1 heterocycles. The Morgan fingerprint density at radius 3 is 2.14 bits per heavy atom. The molecule has 1 aliphatic heterocycles. The molecule has 0 N–H and O–H groups in total. The van der Waals surface area contributed by atoms with E-state index in [1.165, 1.54) is 11.7 Å². The Morgan fingerprint density at radius 1 is 1.05 bits per heavy atom. The monoisotopic (exact) mass is 464 g/mol. The van der Waals surface area contributed by atoms with E-state index in [1.54, 1.807) is 22.0 Å². The van der Waals surface area contributed by atoms with Crippen LogP contribution in [0, 0.1) is 0 Å². The molecule has 126 valence electrons. The summed E-state index contributed by atoms with van der Waals surface area (Å²) in [5.41, 5.74) is 0. The summed E-state index contributed by atoms with van der Waals surface area (Å²) in [5, 5.41) is 0. The highest BCUT2D eigenvalue weighted by Gasteiger charge is 2.36. The van der Waals surface area contributed by atoms with Gasteiger partial charge in [-0.3, -0.25) is 4.18 Å². The first kappa shape index (κ1) is 22.5. The third-order valence-corrected chi connectivity index (χ3v) is 14.1. The zero-order valence-electron chi connectivity index (χ0n) is 12.1. The second kappa shape index (κ2) is 12.8. The molecule has 0 aromatic rings. The Bertz CT molecular complexity index is 295. The second-order valence-electron chi connectivity index (χ2n) is 4.09. The minimum atomic E-state index is -0.521. The first-order chi connectivity index (χ1) is 9.96. The normalized spacial score (nSPS) is 30.9. The summed E-state index contributed by atoms with van der Waals surface area (Å²) in [7, 11) is 7.04. The minimum Gasteiger partial charge on any atom is -0.349 e. The van der Waals surface area contributed by atoms with E-state index in [2.05, 4.69) is 45.8 Å². The van der Waals surface area contributed by atoms with Crippen LogP contribution in [0.1, 0.15) is 6.42 Å². The van der Waals surface area contributed by atoms with Crippen LogP contribution in [0.5, 0.6) is 0 Å². The van der Waals surface area contributed by atoms with E-state index in [4.69, 9.17) is 18.0 Å². The molecule has 4 nitrogen and oxygen atoms in total. The van der Waals surface area contributed by atoms with Gasteiger partial charge in [-0.05, 0) is 26.8 Å². The van der Waals surface area contributed by atoms with Crippen LogP contribution in [0.25, 0.3) is 0 Å². The molecule has 0 aliphatic carbocycles. The maximum absolute atomic E-state index is 6.14. The summed E-state index contributed by atoms with van der Waals surface area (Å²) in [6.07, 6.45) is 0.520. The van der Waals surface area contributed by atoms with Crippen LogP contribution in [0.2, 0.25) is 0 Å². The number of hydrogen-bond acceptors (Lipinski definition) is 7. The van der Waals surface area contributed by atoms with Gasteiger partial charge in [0.2, 0.25) is 0 Å². The van der Waals surface area contributed by atoms with Gasteiger partial charge < -0.3 is 13.8 Å². The first-order valence-electron chi connectivity index (χ1n) is 5.94. The van der Waals surface area contributed by atoms with Crippen molar-refractivity contribution in [2.75, 3.05) is 26.6 Å². The molecule has 0 saturated carbocycles. The lowest BCUT2D eigenvalue weighted by Gasteiger charge is -2.37. The highest BCUT2D eigenvalue weighted by atomic mass is 33.1. The van der Waals surface area contributed by atoms with Crippen molar-refractivity contribution < 1.29 is 18.0 Å². The van der Waals surface area contributed by atoms with Gasteiger partial charge >= 0.3 is 0 Å². The quantitative estimate of drug-likeness (QED) is 0.310. The van der Waals surface area contributed by atoms with Crippen molar-refractivity contribution in [1.82, 2.24) is 0 Å². The van der Waals surface area contributed by atoms with Gasteiger partial charge in [-0.2, -0.15) is 0 Å². The van der Waals surface area contributed by atoms with Crippen molar-refractivity contribution in [3.63, 3.8) is 0 Å². The molecule has 0 amide bonds. The molecular formula is C8H22O4P6S3. The van der Waals surface area contributed by atoms with E-state index < -0.39 is 14.7 Å². The van der Waals surface area contributed by atoms with Crippen molar-refractivity contribution in [1.29, 1.82) is 0 Å². The first-order valence-corrected chi connectivity index (χ1v) is 19.9. The van der Waals surface area contributed by atoms with Crippen molar-refractivity contribution in [2.24, 2.45) is 0 Å². The Balaban J connectivity index is 2.55. The topological polar surface area (TPSA) is 36.9 Å². The number of rotatable bonds is 9. The molecule has 21 heavy (non-hydrogen) atoms. The van der Waals surface area contributed by atoms with Crippen LogP contribution in [0.3, 0.4) is 0 Å². The molecule has 1 saturated heterocycles. The van der Waals surface area contributed by atoms with Crippen LogP contribution in [0.4, 0.5) is 0 Å². The molecular weight excluding hydrogens is 442 g/mol. The molecule has 0 spiro atoms. The highest BCUT2D eigenvalue weighted by Crippen LogP contribution is 2.57. The number of hydrogen-bond donors (Lipinski definition) is 0. The zero-order valence-corrected chi connectivity index (χ0v) is 20.7. The lowest BCUT2D eigenvalue weighted by Crippen LogP contribution is -2.43. The zero-order chi connectivity index (χ0) is 15.8. The molecule has 9 atom stereocenters. The summed E-state index contributed by atoms with van der Waals surface area (Å²) < 4.78 is 23.7. The Hall–Kier alpha value is 3.47. The average Bonchev–Trinajstić information content (AvgIpc) is 2.46. The van der Waals surface area contributed by atoms with Crippen molar-refractivity contribution in [3.8, 4) is 0 Å². The molecule has 0 aromatic carbocycles. The molecule has 0 radical (unpaired) electrons. The van der Waals surface area contributed by atoms with E-state index in [0.29, 0.717) is 13.0 Å². The molecule has 0 bridgehead atoms. The summed E-state index contributed by atoms with van der Waals surface area (Å²) in [6.45, 7) is 6.63. The van der Waals surface area contributed by atoms with E-state index in [0.717, 1.165) is 0 Å². The van der Waals surface area contributed by atoms with Gasteiger partial charge in [0.25, 0.3) is 0 Å². The smallest absolute Gasteiger partial charge is 0.173 e. The minimum absolute atomic E-state index is 0.0137. The van der Waals surface area contributed by atoms with Crippen LogP contribution in [-0.2, 0) is 18.0 Å². The van der Waals surface area contributed by atoms with Crippen LogP contribution >= 0.6 is 81.0 Å². The summed E-state index contributed by atoms with van der Waals surface area (Å²) in [6, 6.07) is 0. The van der Waals surface area contributed by atoms with E-state index >= 15 is 0 Å². The predicted octanol–water partition coefficient (Wildman–Crippen LogP) is 5.91. The molecule has 13 heteroatoms. The fourth-order valence-corrected chi connectivity index (χ4v) is 6.19. The maximum Gasteiger partial charge on any atom is 0.173 e. The lowest BCUT2D eigenvalue weighted by molar-refractivity contribution is -0.161. The van der Waals surface area contributed by atoms with Gasteiger partial charge in [-0.15, -0.1) is 0 Å². The predicted molar refractivity (Wildman–Crippen MR) is 116 cm³/mol. The molecule has 1 fully saturated rings. The Labute approximate surface area is 150 Å². The Kier molecular flexibility index (Phi) is 13.7. The Morgan fingerprint density at radius 2 is 1.62 bits per heavy atom.